The first-order valence-electron chi connectivity index (χ1n) is 9.55. The van der Waals surface area contributed by atoms with Crippen molar-refractivity contribution in [2.45, 2.75) is 19.4 Å². The van der Waals surface area contributed by atoms with Crippen LogP contribution >= 0.6 is 0 Å². The van der Waals surface area contributed by atoms with E-state index < -0.39 is 0 Å². The van der Waals surface area contributed by atoms with Gasteiger partial charge in [0, 0.05) is 24.3 Å². The number of furan rings is 1. The van der Waals surface area contributed by atoms with Crippen molar-refractivity contribution >= 4 is 11.7 Å². The summed E-state index contributed by atoms with van der Waals surface area (Å²) in [6.07, 6.45) is 7.00. The summed E-state index contributed by atoms with van der Waals surface area (Å²) in [5.74, 6) is 2.09. The molecule has 1 fully saturated rings. The van der Waals surface area contributed by atoms with Gasteiger partial charge >= 0.3 is 6.03 Å². The number of carbonyl (C=O) groups excluding carboxylic acids is 1. The highest BCUT2D eigenvalue weighted by molar-refractivity contribution is 5.89. The molecule has 0 unspecified atom stereocenters. The molecule has 1 aliphatic rings. The van der Waals surface area contributed by atoms with Crippen LogP contribution in [0, 0.1) is 5.92 Å². The van der Waals surface area contributed by atoms with E-state index in [-0.39, 0.29) is 6.03 Å². The smallest absolute Gasteiger partial charge is 0.319 e. The van der Waals surface area contributed by atoms with E-state index in [1.165, 1.54) is 6.39 Å². The number of likely N-dealkylation sites (tertiary alicyclic amines) is 1. The van der Waals surface area contributed by atoms with E-state index in [2.05, 4.69) is 20.5 Å². The minimum Gasteiger partial charge on any atom is -0.468 e. The summed E-state index contributed by atoms with van der Waals surface area (Å²) >= 11 is 0. The molecule has 0 radical (unpaired) electrons. The average molecular weight is 380 g/mol. The van der Waals surface area contributed by atoms with Crippen LogP contribution in [0.4, 0.5) is 10.5 Å². The zero-order valence-electron chi connectivity index (χ0n) is 15.6. The molecule has 0 bridgehead atoms. The fraction of sp³-hybridized carbons (Fsp3) is 0.333. The van der Waals surface area contributed by atoms with Crippen molar-refractivity contribution in [2.24, 2.45) is 5.92 Å². The number of urea groups is 1. The molecular formula is C21H24N4O3. The van der Waals surface area contributed by atoms with Crippen LogP contribution in [0.2, 0.25) is 0 Å². The quantitative estimate of drug-likeness (QED) is 0.676. The third-order valence-electron chi connectivity index (χ3n) is 4.95. The summed E-state index contributed by atoms with van der Waals surface area (Å²) in [6.45, 7) is 3.51. The third-order valence-corrected chi connectivity index (χ3v) is 4.95. The minimum absolute atomic E-state index is 0.196. The Hall–Kier alpha value is -3.06. The lowest BCUT2D eigenvalue weighted by atomic mass is 9.98. The van der Waals surface area contributed by atoms with Gasteiger partial charge in [-0.3, -0.25) is 4.90 Å². The van der Waals surface area contributed by atoms with Crippen LogP contribution < -0.4 is 10.6 Å². The third kappa shape index (κ3) is 4.80. The van der Waals surface area contributed by atoms with Crippen LogP contribution in [-0.4, -0.2) is 35.5 Å². The van der Waals surface area contributed by atoms with Gasteiger partial charge in [-0.2, -0.15) is 0 Å². The normalized spacial score (nSPS) is 17.4. The Labute approximate surface area is 163 Å². The van der Waals surface area contributed by atoms with Gasteiger partial charge in [0.1, 0.15) is 5.76 Å². The molecule has 2 amide bonds. The monoisotopic (exact) mass is 380 g/mol. The fourth-order valence-corrected chi connectivity index (χ4v) is 3.61. The lowest BCUT2D eigenvalue weighted by Crippen LogP contribution is -2.41. The second-order valence-electron chi connectivity index (χ2n) is 7.10. The standard InChI is InChI=1S/C21H24N4O3/c26-21(24-18-6-1-5-17(10-18)20-12-22-15-28-20)23-11-16-4-2-8-25(13-16)14-19-7-3-9-27-19/h1,3,5-7,9-10,12,15-16H,2,4,8,11,13-14H2,(H2,23,24,26)/t16-/m1/s1. The van der Waals surface area contributed by atoms with Crippen LogP contribution in [0.5, 0.6) is 0 Å². The van der Waals surface area contributed by atoms with Gasteiger partial charge in [0.15, 0.2) is 12.2 Å². The average Bonchev–Trinajstić information content (AvgIpc) is 3.41. The molecule has 2 aromatic heterocycles. The molecule has 1 aromatic carbocycles. The number of hydrogen-bond acceptors (Lipinski definition) is 5. The van der Waals surface area contributed by atoms with E-state index in [1.807, 2.05) is 36.4 Å². The van der Waals surface area contributed by atoms with E-state index in [0.717, 1.165) is 49.5 Å². The van der Waals surface area contributed by atoms with Crippen molar-refractivity contribution in [2.75, 3.05) is 25.0 Å². The first-order valence-corrected chi connectivity index (χ1v) is 9.55. The van der Waals surface area contributed by atoms with Gasteiger partial charge in [-0.05, 0) is 49.6 Å². The first-order chi connectivity index (χ1) is 13.8. The van der Waals surface area contributed by atoms with Gasteiger partial charge in [-0.1, -0.05) is 12.1 Å². The van der Waals surface area contributed by atoms with Crippen LogP contribution in [0.3, 0.4) is 0 Å². The summed E-state index contributed by atoms with van der Waals surface area (Å²) in [6, 6.07) is 11.2. The maximum atomic E-state index is 12.3. The summed E-state index contributed by atoms with van der Waals surface area (Å²) in [4.78, 5) is 18.6. The summed E-state index contributed by atoms with van der Waals surface area (Å²) < 4.78 is 10.7. The molecule has 0 spiro atoms. The molecule has 7 nitrogen and oxygen atoms in total. The van der Waals surface area contributed by atoms with E-state index in [9.17, 15) is 4.79 Å². The Bertz CT molecular complexity index is 877. The highest BCUT2D eigenvalue weighted by atomic mass is 16.3. The molecule has 0 saturated carbocycles. The van der Waals surface area contributed by atoms with Crippen molar-refractivity contribution in [1.82, 2.24) is 15.2 Å². The van der Waals surface area contributed by atoms with Crippen LogP contribution in [0.15, 0.2) is 64.1 Å². The summed E-state index contributed by atoms with van der Waals surface area (Å²) in [7, 11) is 0. The largest absolute Gasteiger partial charge is 0.468 e. The minimum atomic E-state index is -0.196. The Balaban J connectivity index is 1.26. The van der Waals surface area contributed by atoms with Crippen LogP contribution in [-0.2, 0) is 6.54 Å². The summed E-state index contributed by atoms with van der Waals surface area (Å²) in [5, 5.41) is 5.89. The SMILES string of the molecule is O=C(NC[C@H]1CCCN(Cc2ccco2)C1)Nc1cccc(-c2cnco2)c1. The van der Waals surface area contributed by atoms with Gasteiger partial charge in [0.25, 0.3) is 0 Å². The van der Waals surface area contributed by atoms with Crippen LogP contribution in [0.25, 0.3) is 11.3 Å². The van der Waals surface area contributed by atoms with E-state index in [0.29, 0.717) is 18.2 Å². The lowest BCUT2D eigenvalue weighted by molar-refractivity contribution is 0.156. The predicted molar refractivity (Wildman–Crippen MR) is 106 cm³/mol. The molecule has 1 atom stereocenters. The number of oxazole rings is 1. The number of rotatable bonds is 6. The van der Waals surface area contributed by atoms with Crippen LogP contribution in [0.1, 0.15) is 18.6 Å². The zero-order chi connectivity index (χ0) is 19.2. The first kappa shape index (κ1) is 18.3. The Kier molecular flexibility index (Phi) is 5.72. The molecular weight excluding hydrogens is 356 g/mol. The van der Waals surface area contributed by atoms with Crippen molar-refractivity contribution in [3.63, 3.8) is 0 Å². The highest BCUT2D eigenvalue weighted by Crippen LogP contribution is 2.22. The number of hydrogen-bond donors (Lipinski definition) is 2. The van der Waals surface area contributed by atoms with E-state index >= 15 is 0 Å². The number of benzene rings is 1. The van der Waals surface area contributed by atoms with Crippen molar-refractivity contribution in [3.05, 3.63) is 61.0 Å². The number of nitrogens with zero attached hydrogens (tertiary/aromatic N) is 2. The number of aromatic nitrogens is 1. The van der Waals surface area contributed by atoms with Crippen molar-refractivity contribution < 1.29 is 13.6 Å². The van der Waals surface area contributed by atoms with Gasteiger partial charge in [0.2, 0.25) is 0 Å². The molecule has 146 valence electrons. The molecule has 3 heterocycles. The Morgan fingerprint density at radius 3 is 3.04 bits per heavy atom. The molecule has 0 aliphatic carbocycles. The Morgan fingerprint density at radius 2 is 2.21 bits per heavy atom. The molecule has 28 heavy (non-hydrogen) atoms. The predicted octanol–water partition coefficient (Wildman–Crippen LogP) is 3.97. The van der Waals surface area contributed by atoms with Gasteiger partial charge in [-0.15, -0.1) is 0 Å². The number of piperidine rings is 1. The Morgan fingerprint density at radius 1 is 1.25 bits per heavy atom. The molecule has 7 heteroatoms. The molecule has 2 N–H and O–H groups in total. The number of amides is 2. The van der Waals surface area contributed by atoms with Gasteiger partial charge < -0.3 is 19.5 Å². The van der Waals surface area contributed by atoms with E-state index in [1.54, 1.807) is 12.5 Å². The van der Waals surface area contributed by atoms with E-state index in [4.69, 9.17) is 8.83 Å². The zero-order valence-corrected chi connectivity index (χ0v) is 15.6. The second kappa shape index (κ2) is 8.75. The molecule has 1 aliphatic heterocycles. The molecule has 4 rings (SSSR count). The molecule has 1 saturated heterocycles. The maximum absolute atomic E-state index is 12.3. The number of anilines is 1. The maximum Gasteiger partial charge on any atom is 0.319 e. The van der Waals surface area contributed by atoms with Gasteiger partial charge in [-0.25, -0.2) is 9.78 Å². The number of nitrogens with one attached hydrogen (secondary N) is 2. The second-order valence-corrected chi connectivity index (χ2v) is 7.10. The van der Waals surface area contributed by atoms with Crippen molar-refractivity contribution in [3.8, 4) is 11.3 Å². The highest BCUT2D eigenvalue weighted by Gasteiger charge is 2.21. The summed E-state index contributed by atoms with van der Waals surface area (Å²) in [5.41, 5.74) is 1.59. The van der Waals surface area contributed by atoms with Gasteiger partial charge in [0.05, 0.1) is 19.0 Å². The fourth-order valence-electron chi connectivity index (χ4n) is 3.61. The topological polar surface area (TPSA) is 83.5 Å². The van der Waals surface area contributed by atoms with Crippen molar-refractivity contribution in [1.29, 1.82) is 0 Å². The lowest BCUT2D eigenvalue weighted by Gasteiger charge is -2.32. The number of carbonyl (C=O) groups is 1. The molecule has 3 aromatic rings.